The Bertz CT molecular complexity index is 350. The first-order valence-corrected chi connectivity index (χ1v) is 6.78. The Hall–Kier alpha value is -1.16. The van der Waals surface area contributed by atoms with Gasteiger partial charge in [0.15, 0.2) is 5.78 Å². The average Bonchev–Trinajstić information content (AvgIpc) is 3.07. The zero-order valence-electron chi connectivity index (χ0n) is 11.0. The lowest BCUT2D eigenvalue weighted by molar-refractivity contribution is -0.129. The quantitative estimate of drug-likeness (QED) is 0.719. The Kier molecular flexibility index (Phi) is 4.17. The van der Waals surface area contributed by atoms with E-state index in [-0.39, 0.29) is 23.8 Å². The molecule has 0 spiro atoms. The van der Waals surface area contributed by atoms with Crippen molar-refractivity contribution in [3.8, 4) is 0 Å². The largest absolute Gasteiger partial charge is 0.345 e. The molecule has 1 saturated heterocycles. The number of nitrogens with one attached hydrogen (secondary N) is 1. The molecule has 2 fully saturated rings. The zero-order chi connectivity index (χ0) is 13.1. The minimum Gasteiger partial charge on any atom is -0.345 e. The van der Waals surface area contributed by atoms with Crippen molar-refractivity contribution < 1.29 is 9.59 Å². The van der Waals surface area contributed by atoms with Crippen molar-refractivity contribution in [1.82, 2.24) is 10.2 Å². The van der Waals surface area contributed by atoms with Gasteiger partial charge in [0.25, 0.3) is 0 Å². The van der Waals surface area contributed by atoms with Gasteiger partial charge in [-0.15, -0.1) is 0 Å². The molecule has 2 aliphatic rings. The number of rotatable bonds is 6. The molecule has 0 radical (unpaired) electrons. The molecular weight excluding hydrogens is 228 g/mol. The predicted molar refractivity (Wildman–Crippen MR) is 70.1 cm³/mol. The number of likely N-dealkylation sites (N-methyl/N-ethyl adjacent to an activating group) is 1. The van der Waals surface area contributed by atoms with E-state index in [1.165, 1.54) is 18.9 Å². The van der Waals surface area contributed by atoms with E-state index < -0.39 is 0 Å². The van der Waals surface area contributed by atoms with Crippen molar-refractivity contribution in [2.45, 2.75) is 44.2 Å². The highest BCUT2D eigenvalue weighted by molar-refractivity contribution is 5.97. The smallest absolute Gasteiger partial charge is 0.237 e. The Morgan fingerprint density at radius 3 is 2.67 bits per heavy atom. The average molecular weight is 250 g/mol. The summed E-state index contributed by atoms with van der Waals surface area (Å²) in [5.74, 6) is 0.548. The fourth-order valence-electron chi connectivity index (χ4n) is 2.58. The summed E-state index contributed by atoms with van der Waals surface area (Å²) in [7, 11) is 1.96. The lowest BCUT2D eigenvalue weighted by Gasteiger charge is -2.22. The van der Waals surface area contributed by atoms with Crippen LogP contribution in [0.1, 0.15) is 32.1 Å². The van der Waals surface area contributed by atoms with Crippen LogP contribution in [-0.4, -0.2) is 42.3 Å². The van der Waals surface area contributed by atoms with Gasteiger partial charge in [0.2, 0.25) is 5.91 Å². The molecule has 1 aliphatic heterocycles. The fraction of sp³-hybridized carbons (Fsp3) is 0.714. The number of hydrogen-bond acceptors (Lipinski definition) is 3. The lowest BCUT2D eigenvalue weighted by atomic mass is 10.0. The zero-order valence-corrected chi connectivity index (χ0v) is 11.0. The molecule has 0 aromatic heterocycles. The Morgan fingerprint density at radius 2 is 2.17 bits per heavy atom. The van der Waals surface area contributed by atoms with Crippen LogP contribution in [0.2, 0.25) is 0 Å². The van der Waals surface area contributed by atoms with Crippen molar-refractivity contribution in [2.24, 2.45) is 5.92 Å². The molecule has 18 heavy (non-hydrogen) atoms. The number of nitrogens with zero attached hydrogens (tertiary/aromatic N) is 1. The molecule has 4 nitrogen and oxygen atoms in total. The molecule has 2 atom stereocenters. The SMILES string of the molecule is C=CC(=O)C(CC1CC1)NC(=O)C1CCCN1C. The molecular formula is C14H22N2O2. The number of hydrogen-bond donors (Lipinski definition) is 1. The standard InChI is InChI=1S/C14H22N2O2/c1-3-13(17)11(9-10-6-7-10)15-14(18)12-5-4-8-16(12)2/h3,10-12H,1,4-9H2,2H3,(H,15,18). The second-order valence-corrected chi connectivity index (χ2v) is 5.49. The molecule has 0 bridgehead atoms. The highest BCUT2D eigenvalue weighted by Crippen LogP contribution is 2.33. The molecule has 2 rings (SSSR count). The van der Waals surface area contributed by atoms with E-state index >= 15 is 0 Å². The van der Waals surface area contributed by atoms with Crippen LogP contribution in [0.4, 0.5) is 0 Å². The summed E-state index contributed by atoms with van der Waals surface area (Å²) in [6.07, 6.45) is 6.40. The van der Waals surface area contributed by atoms with Gasteiger partial charge in [0, 0.05) is 0 Å². The summed E-state index contributed by atoms with van der Waals surface area (Å²) < 4.78 is 0. The topological polar surface area (TPSA) is 49.4 Å². The van der Waals surface area contributed by atoms with E-state index in [2.05, 4.69) is 16.8 Å². The fourth-order valence-corrected chi connectivity index (χ4v) is 2.58. The van der Waals surface area contributed by atoms with E-state index in [1.54, 1.807) is 0 Å². The maximum absolute atomic E-state index is 12.1. The minimum absolute atomic E-state index is 0.00384. The Balaban J connectivity index is 1.92. The third-order valence-electron chi connectivity index (χ3n) is 3.95. The molecule has 1 N–H and O–H groups in total. The molecule has 0 aromatic carbocycles. The molecule has 1 heterocycles. The summed E-state index contributed by atoms with van der Waals surface area (Å²) in [5, 5.41) is 2.91. The lowest BCUT2D eigenvalue weighted by Crippen LogP contribution is -2.48. The predicted octanol–water partition coefficient (Wildman–Crippen LogP) is 1.12. The third-order valence-corrected chi connectivity index (χ3v) is 3.95. The van der Waals surface area contributed by atoms with Crippen LogP contribution in [0, 0.1) is 5.92 Å². The summed E-state index contributed by atoms with van der Waals surface area (Å²) >= 11 is 0. The first kappa shape index (κ1) is 13.3. The van der Waals surface area contributed by atoms with Crippen LogP contribution in [0.15, 0.2) is 12.7 Å². The number of likely N-dealkylation sites (tertiary alicyclic amines) is 1. The molecule has 4 heteroatoms. The van der Waals surface area contributed by atoms with E-state index in [0.717, 1.165) is 25.8 Å². The highest BCUT2D eigenvalue weighted by Gasteiger charge is 2.33. The van der Waals surface area contributed by atoms with E-state index in [1.807, 2.05) is 7.05 Å². The van der Waals surface area contributed by atoms with Crippen molar-refractivity contribution in [3.05, 3.63) is 12.7 Å². The van der Waals surface area contributed by atoms with E-state index in [9.17, 15) is 9.59 Å². The molecule has 2 unspecified atom stereocenters. The van der Waals surface area contributed by atoms with Gasteiger partial charge in [-0.05, 0) is 44.8 Å². The maximum atomic E-state index is 12.1. The van der Waals surface area contributed by atoms with Crippen molar-refractivity contribution in [2.75, 3.05) is 13.6 Å². The summed E-state index contributed by atoms with van der Waals surface area (Å²) in [5.41, 5.74) is 0. The van der Waals surface area contributed by atoms with Crippen LogP contribution in [-0.2, 0) is 9.59 Å². The van der Waals surface area contributed by atoms with Gasteiger partial charge in [-0.3, -0.25) is 14.5 Å². The summed E-state index contributed by atoms with van der Waals surface area (Å²) in [4.78, 5) is 26.0. The van der Waals surface area contributed by atoms with Gasteiger partial charge in [-0.2, -0.15) is 0 Å². The van der Waals surface area contributed by atoms with E-state index in [0.29, 0.717) is 5.92 Å². The molecule has 100 valence electrons. The molecule has 1 aliphatic carbocycles. The van der Waals surface area contributed by atoms with Crippen molar-refractivity contribution >= 4 is 11.7 Å². The number of ketones is 1. The van der Waals surface area contributed by atoms with Crippen molar-refractivity contribution in [1.29, 1.82) is 0 Å². The van der Waals surface area contributed by atoms with Crippen LogP contribution >= 0.6 is 0 Å². The number of amides is 1. The van der Waals surface area contributed by atoms with Gasteiger partial charge in [-0.1, -0.05) is 19.4 Å². The van der Waals surface area contributed by atoms with Crippen molar-refractivity contribution in [3.63, 3.8) is 0 Å². The maximum Gasteiger partial charge on any atom is 0.237 e. The Labute approximate surface area is 108 Å². The molecule has 1 saturated carbocycles. The first-order valence-electron chi connectivity index (χ1n) is 6.78. The van der Waals surface area contributed by atoms with Gasteiger partial charge < -0.3 is 5.32 Å². The summed E-state index contributed by atoms with van der Waals surface area (Å²) in [6, 6.07) is -0.430. The molecule has 1 amide bonds. The van der Waals surface area contributed by atoms with Crippen LogP contribution in [0.5, 0.6) is 0 Å². The van der Waals surface area contributed by atoms with Crippen LogP contribution in [0.3, 0.4) is 0 Å². The normalized spacial score (nSPS) is 25.7. The van der Waals surface area contributed by atoms with Gasteiger partial charge in [-0.25, -0.2) is 0 Å². The van der Waals surface area contributed by atoms with Crippen LogP contribution in [0.25, 0.3) is 0 Å². The van der Waals surface area contributed by atoms with E-state index in [4.69, 9.17) is 0 Å². The molecule has 0 aromatic rings. The number of carbonyl (C=O) groups excluding carboxylic acids is 2. The van der Waals surface area contributed by atoms with Crippen LogP contribution < -0.4 is 5.32 Å². The number of carbonyl (C=O) groups is 2. The van der Waals surface area contributed by atoms with Gasteiger partial charge in [0.1, 0.15) is 0 Å². The second-order valence-electron chi connectivity index (χ2n) is 5.49. The third kappa shape index (κ3) is 3.19. The van der Waals surface area contributed by atoms with Gasteiger partial charge in [0.05, 0.1) is 12.1 Å². The van der Waals surface area contributed by atoms with Gasteiger partial charge >= 0.3 is 0 Å². The second kappa shape index (κ2) is 5.65. The summed E-state index contributed by atoms with van der Waals surface area (Å²) in [6.45, 7) is 4.48. The first-order chi connectivity index (χ1) is 8.61. The highest BCUT2D eigenvalue weighted by atomic mass is 16.2. The monoisotopic (exact) mass is 250 g/mol. The Morgan fingerprint density at radius 1 is 1.44 bits per heavy atom. The minimum atomic E-state index is -0.364.